The van der Waals surface area contributed by atoms with E-state index in [0.29, 0.717) is 11.7 Å². The summed E-state index contributed by atoms with van der Waals surface area (Å²) in [7, 11) is 1.58. The lowest BCUT2D eigenvalue weighted by atomic mass is 9.97. The van der Waals surface area contributed by atoms with Gasteiger partial charge in [0.25, 0.3) is 0 Å². The molecular formula is C21H22Br2N2O2S. The summed E-state index contributed by atoms with van der Waals surface area (Å²) in [5, 5.41) is 6.06. The van der Waals surface area contributed by atoms with Crippen molar-refractivity contribution in [3.05, 3.63) is 62.5 Å². The van der Waals surface area contributed by atoms with E-state index in [4.69, 9.17) is 17.0 Å². The molecule has 2 aromatic rings. The van der Waals surface area contributed by atoms with Gasteiger partial charge in [-0.3, -0.25) is 10.1 Å². The molecule has 28 heavy (non-hydrogen) atoms. The molecule has 4 nitrogen and oxygen atoms in total. The highest BCUT2D eigenvalue weighted by molar-refractivity contribution is 9.11. The molecule has 0 aliphatic carbocycles. The van der Waals surface area contributed by atoms with Gasteiger partial charge < -0.3 is 10.1 Å². The summed E-state index contributed by atoms with van der Waals surface area (Å²) < 4.78 is 7.05. The molecule has 0 fully saturated rings. The Bertz CT molecular complexity index is 900. The number of rotatable bonds is 6. The van der Waals surface area contributed by atoms with Gasteiger partial charge in [0.1, 0.15) is 5.75 Å². The lowest BCUT2D eigenvalue weighted by Crippen LogP contribution is -2.33. The third-order valence-corrected chi connectivity index (χ3v) is 5.50. The zero-order valence-electron chi connectivity index (χ0n) is 15.9. The first-order chi connectivity index (χ1) is 13.3. The minimum absolute atomic E-state index is 0.257. The van der Waals surface area contributed by atoms with Gasteiger partial charge in [-0.05, 0) is 70.3 Å². The molecule has 0 heterocycles. The highest BCUT2D eigenvalue weighted by Crippen LogP contribution is 2.33. The van der Waals surface area contributed by atoms with Gasteiger partial charge in [-0.15, -0.1) is 0 Å². The first kappa shape index (κ1) is 22.6. The van der Waals surface area contributed by atoms with Crippen LogP contribution in [0.3, 0.4) is 0 Å². The number of methoxy groups -OCH3 is 1. The number of nitrogens with one attached hydrogen (secondary N) is 2. The molecule has 0 aliphatic heterocycles. The summed E-state index contributed by atoms with van der Waals surface area (Å²) in [6.45, 7) is 4.30. The minimum atomic E-state index is -0.323. The van der Waals surface area contributed by atoms with E-state index >= 15 is 0 Å². The summed E-state index contributed by atoms with van der Waals surface area (Å²) in [6, 6.07) is 11.7. The number of benzene rings is 2. The Morgan fingerprint density at radius 2 is 2.00 bits per heavy atom. The van der Waals surface area contributed by atoms with Crippen molar-refractivity contribution >= 4 is 66.9 Å². The third kappa shape index (κ3) is 6.15. The van der Waals surface area contributed by atoms with E-state index in [2.05, 4.69) is 62.4 Å². The second-order valence-electron chi connectivity index (χ2n) is 6.18. The number of para-hydroxylation sites is 1. The molecule has 0 aliphatic rings. The molecule has 2 aromatic carbocycles. The highest BCUT2D eigenvalue weighted by atomic mass is 79.9. The topological polar surface area (TPSA) is 50.4 Å². The number of carbonyl (C=O) groups is 1. The van der Waals surface area contributed by atoms with Crippen LogP contribution in [0.15, 0.2) is 51.4 Å². The van der Waals surface area contributed by atoms with Crippen LogP contribution >= 0.6 is 44.1 Å². The number of halogens is 2. The average Bonchev–Trinajstić information content (AvgIpc) is 2.65. The van der Waals surface area contributed by atoms with E-state index in [1.54, 1.807) is 13.2 Å². The molecule has 0 radical (unpaired) electrons. The molecule has 1 amide bonds. The average molecular weight is 526 g/mol. The van der Waals surface area contributed by atoms with Crippen molar-refractivity contribution in [3.63, 3.8) is 0 Å². The Labute approximate surface area is 188 Å². The largest absolute Gasteiger partial charge is 0.495 e. The molecule has 1 atom stereocenters. The van der Waals surface area contributed by atoms with E-state index in [1.807, 2.05) is 30.3 Å². The van der Waals surface area contributed by atoms with Crippen molar-refractivity contribution in [2.24, 2.45) is 0 Å². The van der Waals surface area contributed by atoms with Gasteiger partial charge in [-0.25, -0.2) is 0 Å². The molecule has 0 aromatic heterocycles. The quantitative estimate of drug-likeness (QED) is 0.345. The van der Waals surface area contributed by atoms with Gasteiger partial charge in [0, 0.05) is 21.8 Å². The standard InChI is InChI=1S/C21H22Br2N2O2S/c1-4-13(2)16-7-5-6-8-18(16)24-21(28)25-19(26)10-9-14-11-15(22)12-17(23)20(14)27-3/h5-13H,4H2,1-3H3,(H2,24,25,26,28)/b10-9+/t13-/m1/s1. The van der Waals surface area contributed by atoms with Crippen LogP contribution in [0.1, 0.15) is 37.3 Å². The Morgan fingerprint density at radius 3 is 2.68 bits per heavy atom. The molecule has 0 bridgehead atoms. The Morgan fingerprint density at radius 1 is 1.29 bits per heavy atom. The summed E-state index contributed by atoms with van der Waals surface area (Å²) in [4.78, 5) is 12.3. The van der Waals surface area contributed by atoms with Gasteiger partial charge >= 0.3 is 0 Å². The Hall–Kier alpha value is -1.70. The molecular weight excluding hydrogens is 504 g/mol. The zero-order valence-corrected chi connectivity index (χ0v) is 19.9. The second kappa shape index (κ2) is 10.7. The van der Waals surface area contributed by atoms with E-state index in [-0.39, 0.29) is 11.0 Å². The number of thiocarbonyl (C=S) groups is 1. The van der Waals surface area contributed by atoms with Crippen molar-refractivity contribution in [1.29, 1.82) is 0 Å². The predicted molar refractivity (Wildman–Crippen MR) is 127 cm³/mol. The monoisotopic (exact) mass is 524 g/mol. The first-order valence-corrected chi connectivity index (χ1v) is 10.8. The smallest absolute Gasteiger partial charge is 0.250 e. The fourth-order valence-electron chi connectivity index (χ4n) is 2.65. The highest BCUT2D eigenvalue weighted by Gasteiger charge is 2.11. The lowest BCUT2D eigenvalue weighted by molar-refractivity contribution is -0.115. The van der Waals surface area contributed by atoms with Crippen molar-refractivity contribution < 1.29 is 9.53 Å². The summed E-state index contributed by atoms with van der Waals surface area (Å²) in [5.74, 6) is 0.719. The molecule has 0 saturated heterocycles. The van der Waals surface area contributed by atoms with Crippen LogP contribution in [0.4, 0.5) is 5.69 Å². The summed E-state index contributed by atoms with van der Waals surface area (Å²) in [5.41, 5.74) is 2.84. The van der Waals surface area contributed by atoms with E-state index in [0.717, 1.165) is 26.6 Å². The number of carbonyl (C=O) groups excluding carboxylic acids is 1. The van der Waals surface area contributed by atoms with Crippen LogP contribution in [-0.2, 0) is 4.79 Å². The Kier molecular flexibility index (Phi) is 8.66. The van der Waals surface area contributed by atoms with Crippen molar-refractivity contribution in [2.75, 3.05) is 12.4 Å². The van der Waals surface area contributed by atoms with Crippen molar-refractivity contribution in [2.45, 2.75) is 26.2 Å². The molecule has 0 unspecified atom stereocenters. The zero-order chi connectivity index (χ0) is 20.7. The lowest BCUT2D eigenvalue weighted by Gasteiger charge is -2.16. The van der Waals surface area contributed by atoms with Crippen LogP contribution in [0.5, 0.6) is 5.75 Å². The molecule has 7 heteroatoms. The molecule has 148 valence electrons. The van der Waals surface area contributed by atoms with E-state index in [9.17, 15) is 4.79 Å². The minimum Gasteiger partial charge on any atom is -0.495 e. The van der Waals surface area contributed by atoms with Gasteiger partial charge in [0.15, 0.2) is 5.11 Å². The maximum Gasteiger partial charge on any atom is 0.250 e. The first-order valence-electron chi connectivity index (χ1n) is 8.77. The maximum absolute atomic E-state index is 12.3. The van der Waals surface area contributed by atoms with Crippen LogP contribution in [0.25, 0.3) is 6.08 Å². The number of hydrogen-bond acceptors (Lipinski definition) is 3. The van der Waals surface area contributed by atoms with Crippen LogP contribution in [0.2, 0.25) is 0 Å². The van der Waals surface area contributed by atoms with Crippen molar-refractivity contribution in [1.82, 2.24) is 5.32 Å². The van der Waals surface area contributed by atoms with E-state index < -0.39 is 0 Å². The van der Waals surface area contributed by atoms with Gasteiger partial charge in [0.2, 0.25) is 5.91 Å². The number of amides is 1. The number of ether oxygens (including phenoxy) is 1. The summed E-state index contributed by atoms with van der Waals surface area (Å²) >= 11 is 12.2. The molecule has 2 N–H and O–H groups in total. The normalized spacial score (nSPS) is 11.9. The fraction of sp³-hybridized carbons (Fsp3) is 0.238. The number of hydrogen-bond donors (Lipinski definition) is 2. The van der Waals surface area contributed by atoms with Gasteiger partial charge in [-0.1, -0.05) is 48.0 Å². The van der Waals surface area contributed by atoms with Crippen LogP contribution in [0, 0.1) is 0 Å². The number of anilines is 1. The maximum atomic E-state index is 12.3. The predicted octanol–water partition coefficient (Wildman–Crippen LogP) is 6.26. The molecule has 0 spiro atoms. The SMILES string of the molecule is CC[C@@H](C)c1ccccc1NC(=S)NC(=O)/C=C/c1cc(Br)cc(Br)c1OC. The molecule has 2 rings (SSSR count). The third-order valence-electron chi connectivity index (χ3n) is 4.24. The van der Waals surface area contributed by atoms with E-state index in [1.165, 1.54) is 11.6 Å². The van der Waals surface area contributed by atoms with Crippen LogP contribution in [-0.4, -0.2) is 18.1 Å². The Balaban J connectivity index is 2.07. The van der Waals surface area contributed by atoms with Crippen molar-refractivity contribution in [3.8, 4) is 5.75 Å². The summed E-state index contributed by atoms with van der Waals surface area (Å²) in [6.07, 6.45) is 4.12. The van der Waals surface area contributed by atoms with Gasteiger partial charge in [-0.2, -0.15) is 0 Å². The second-order valence-corrected chi connectivity index (χ2v) is 8.36. The fourth-order valence-corrected chi connectivity index (χ4v) is 4.28. The van der Waals surface area contributed by atoms with Gasteiger partial charge in [0.05, 0.1) is 11.6 Å². The molecule has 0 saturated carbocycles. The van der Waals surface area contributed by atoms with Crippen LogP contribution < -0.4 is 15.4 Å².